The summed E-state index contributed by atoms with van der Waals surface area (Å²) in [5.74, 6) is -0.349. The SMILES string of the molecule is COc1ccc([N+](=O)[O-])cc1Nc1nc(Nc2cc([N+](=O)[O-])ccc2OC)nc(NN2C(=O)C(=Cc3ccccn3)N=C2c2ccccc2)n1. The van der Waals surface area contributed by atoms with Crippen molar-refractivity contribution in [3.63, 3.8) is 0 Å². The molecule has 2 aromatic heterocycles. The highest BCUT2D eigenvalue weighted by molar-refractivity contribution is 6.20. The standard InChI is InChI=1S/C32H25N11O7/c1-49-26-13-11-21(42(45)46)17-23(26)35-30-37-31(36-24-18-22(43(47)48)12-14-27(24)50-2)39-32(38-30)40-41-28(19-8-4-3-5-9-19)34-25(29(41)44)16-20-10-6-7-15-33-20/h3-18H,1-2H3,(H3,35,36,37,38,39,40). The zero-order valence-corrected chi connectivity index (χ0v) is 26.2. The summed E-state index contributed by atoms with van der Waals surface area (Å²) in [6.07, 6.45) is 3.12. The fourth-order valence-corrected chi connectivity index (χ4v) is 4.70. The number of carbonyl (C=O) groups excluding carboxylic acids is 1. The van der Waals surface area contributed by atoms with E-state index in [-0.39, 0.29) is 63.6 Å². The quantitative estimate of drug-likeness (QED) is 0.0873. The molecule has 0 saturated carbocycles. The molecular formula is C32H25N11O7. The molecule has 1 aliphatic heterocycles. The van der Waals surface area contributed by atoms with Crippen LogP contribution in [-0.2, 0) is 4.79 Å². The number of anilines is 5. The van der Waals surface area contributed by atoms with E-state index in [4.69, 9.17) is 9.47 Å². The van der Waals surface area contributed by atoms with Crippen LogP contribution < -0.4 is 25.5 Å². The smallest absolute Gasteiger partial charge is 0.297 e. The number of hydrogen-bond acceptors (Lipinski definition) is 15. The molecule has 0 saturated heterocycles. The van der Waals surface area contributed by atoms with Gasteiger partial charge in [-0.3, -0.25) is 35.4 Å². The highest BCUT2D eigenvalue weighted by Gasteiger charge is 2.33. The van der Waals surface area contributed by atoms with Gasteiger partial charge in [0.25, 0.3) is 17.3 Å². The van der Waals surface area contributed by atoms with Gasteiger partial charge in [-0.05, 0) is 30.3 Å². The van der Waals surface area contributed by atoms with Gasteiger partial charge in [-0.25, -0.2) is 4.99 Å². The molecule has 18 nitrogen and oxygen atoms in total. The van der Waals surface area contributed by atoms with Gasteiger partial charge in [0.1, 0.15) is 17.2 Å². The van der Waals surface area contributed by atoms with Crippen molar-refractivity contribution in [2.75, 3.05) is 30.3 Å². The topological polar surface area (TPSA) is 225 Å². The van der Waals surface area contributed by atoms with Gasteiger partial charge >= 0.3 is 0 Å². The molecule has 0 atom stereocenters. The molecule has 0 bridgehead atoms. The van der Waals surface area contributed by atoms with Crippen LogP contribution >= 0.6 is 0 Å². The summed E-state index contributed by atoms with van der Waals surface area (Å²) < 4.78 is 10.7. The number of aromatic nitrogens is 4. The second kappa shape index (κ2) is 14.1. The number of rotatable bonds is 12. The molecule has 250 valence electrons. The molecule has 50 heavy (non-hydrogen) atoms. The summed E-state index contributed by atoms with van der Waals surface area (Å²) in [5.41, 5.74) is 3.87. The number of nitrogens with zero attached hydrogens (tertiary/aromatic N) is 8. The number of methoxy groups -OCH3 is 2. The fourth-order valence-electron chi connectivity index (χ4n) is 4.70. The van der Waals surface area contributed by atoms with E-state index in [0.29, 0.717) is 11.3 Å². The number of hydrogen-bond donors (Lipinski definition) is 3. The Morgan fingerprint density at radius 2 is 1.30 bits per heavy atom. The molecule has 0 unspecified atom stereocenters. The molecule has 5 aromatic rings. The average Bonchev–Trinajstić information content (AvgIpc) is 3.42. The van der Waals surface area contributed by atoms with Crippen molar-refractivity contribution < 1.29 is 24.1 Å². The third-order valence-electron chi connectivity index (χ3n) is 6.99. The lowest BCUT2D eigenvalue weighted by atomic mass is 10.2. The van der Waals surface area contributed by atoms with Crippen LogP contribution in [0, 0.1) is 20.2 Å². The van der Waals surface area contributed by atoms with Gasteiger partial charge < -0.3 is 20.1 Å². The number of aliphatic imine (C=N–C) groups is 1. The molecule has 0 spiro atoms. The van der Waals surface area contributed by atoms with Gasteiger partial charge in [0.2, 0.25) is 17.8 Å². The molecule has 1 aliphatic rings. The van der Waals surface area contributed by atoms with Crippen LogP contribution in [0.4, 0.5) is 40.6 Å². The summed E-state index contributed by atoms with van der Waals surface area (Å²) >= 11 is 0. The van der Waals surface area contributed by atoms with Crippen molar-refractivity contribution in [3.05, 3.63) is 128 Å². The van der Waals surface area contributed by atoms with Crippen molar-refractivity contribution in [1.29, 1.82) is 0 Å². The third kappa shape index (κ3) is 7.08. The molecule has 3 N–H and O–H groups in total. The first-order valence-corrected chi connectivity index (χ1v) is 14.6. The van der Waals surface area contributed by atoms with E-state index in [1.165, 1.54) is 56.7 Å². The second-order valence-electron chi connectivity index (χ2n) is 10.2. The summed E-state index contributed by atoms with van der Waals surface area (Å²) in [6.45, 7) is 0. The predicted molar refractivity (Wildman–Crippen MR) is 181 cm³/mol. The maximum Gasteiger partial charge on any atom is 0.297 e. The number of nitro groups is 2. The zero-order chi connectivity index (χ0) is 35.2. The second-order valence-corrected chi connectivity index (χ2v) is 10.2. The van der Waals surface area contributed by atoms with Gasteiger partial charge in [-0.2, -0.15) is 20.0 Å². The number of amides is 1. The van der Waals surface area contributed by atoms with Crippen molar-refractivity contribution in [1.82, 2.24) is 24.9 Å². The predicted octanol–water partition coefficient (Wildman–Crippen LogP) is 5.24. The van der Waals surface area contributed by atoms with Gasteiger partial charge in [-0.15, -0.1) is 0 Å². The zero-order valence-electron chi connectivity index (χ0n) is 26.2. The molecule has 3 aromatic carbocycles. The minimum absolute atomic E-state index is 0.0727. The van der Waals surface area contributed by atoms with Crippen LogP contribution in [-0.4, -0.2) is 60.8 Å². The molecule has 0 radical (unpaired) electrons. The minimum atomic E-state index is -0.577. The van der Waals surface area contributed by atoms with Gasteiger partial charge in [-0.1, -0.05) is 36.4 Å². The van der Waals surface area contributed by atoms with Crippen LogP contribution in [0.1, 0.15) is 11.3 Å². The number of ether oxygens (including phenoxy) is 2. The molecular weight excluding hydrogens is 650 g/mol. The Labute approximate surface area is 282 Å². The number of hydrazine groups is 1. The van der Waals surface area contributed by atoms with Crippen LogP contribution in [0.2, 0.25) is 0 Å². The lowest BCUT2D eigenvalue weighted by Gasteiger charge is -2.20. The van der Waals surface area contributed by atoms with E-state index in [9.17, 15) is 25.0 Å². The van der Waals surface area contributed by atoms with Gasteiger partial charge in [0.05, 0.1) is 41.1 Å². The average molecular weight is 676 g/mol. The van der Waals surface area contributed by atoms with E-state index in [1.807, 2.05) is 6.07 Å². The number of benzene rings is 3. The normalized spacial score (nSPS) is 13.1. The lowest BCUT2D eigenvalue weighted by Crippen LogP contribution is -2.38. The number of non-ortho nitro benzene ring substituents is 2. The molecule has 0 aliphatic carbocycles. The molecule has 18 heteroatoms. The Morgan fingerprint density at radius 1 is 0.740 bits per heavy atom. The Hall–Kier alpha value is -7.50. The van der Waals surface area contributed by atoms with Crippen molar-refractivity contribution in [3.8, 4) is 11.5 Å². The lowest BCUT2D eigenvalue weighted by molar-refractivity contribution is -0.385. The molecule has 0 fully saturated rings. The highest BCUT2D eigenvalue weighted by atomic mass is 16.6. The molecule has 6 rings (SSSR count). The summed E-state index contributed by atoms with van der Waals surface area (Å²) in [5, 5.41) is 30.0. The number of nitrogens with one attached hydrogen (secondary N) is 3. The fraction of sp³-hybridized carbons (Fsp3) is 0.0625. The maximum absolute atomic E-state index is 13.8. The van der Waals surface area contributed by atoms with Crippen LogP contribution in [0.3, 0.4) is 0 Å². The van der Waals surface area contributed by atoms with Crippen molar-refractivity contribution >= 4 is 58.4 Å². The summed E-state index contributed by atoms with van der Waals surface area (Å²) in [4.78, 5) is 57.7. The highest BCUT2D eigenvalue weighted by Crippen LogP contribution is 2.33. The third-order valence-corrected chi connectivity index (χ3v) is 6.99. The maximum atomic E-state index is 13.8. The molecule has 1 amide bonds. The van der Waals surface area contributed by atoms with Crippen molar-refractivity contribution in [2.24, 2.45) is 4.99 Å². The van der Waals surface area contributed by atoms with E-state index < -0.39 is 15.8 Å². The Bertz CT molecular complexity index is 2080. The monoisotopic (exact) mass is 675 g/mol. The van der Waals surface area contributed by atoms with Crippen LogP contribution in [0.5, 0.6) is 11.5 Å². The summed E-state index contributed by atoms with van der Waals surface area (Å²) in [7, 11) is 2.77. The van der Waals surface area contributed by atoms with E-state index >= 15 is 0 Å². The largest absolute Gasteiger partial charge is 0.495 e. The number of carbonyl (C=O) groups is 1. The van der Waals surface area contributed by atoms with E-state index in [1.54, 1.807) is 48.7 Å². The van der Waals surface area contributed by atoms with E-state index in [0.717, 1.165) is 5.01 Å². The molecule has 3 heterocycles. The van der Waals surface area contributed by atoms with Gasteiger partial charge in [0, 0.05) is 36.0 Å². The number of nitro benzene ring substituents is 2. The van der Waals surface area contributed by atoms with Crippen LogP contribution in [0.25, 0.3) is 6.08 Å². The minimum Gasteiger partial charge on any atom is -0.495 e. The van der Waals surface area contributed by atoms with Gasteiger partial charge in [0.15, 0.2) is 5.84 Å². The van der Waals surface area contributed by atoms with Crippen molar-refractivity contribution in [2.45, 2.75) is 0 Å². The number of pyridine rings is 1. The number of amidine groups is 1. The summed E-state index contributed by atoms with van der Waals surface area (Å²) in [6, 6.07) is 21.9. The Kier molecular flexibility index (Phi) is 9.14. The first-order chi connectivity index (χ1) is 24.2. The first-order valence-electron chi connectivity index (χ1n) is 14.6. The van der Waals surface area contributed by atoms with Crippen LogP contribution in [0.15, 0.2) is 102 Å². The Morgan fingerprint density at radius 3 is 1.82 bits per heavy atom. The first kappa shape index (κ1) is 32.4. The Balaban J connectivity index is 1.43. The van der Waals surface area contributed by atoms with E-state index in [2.05, 4.69) is 41.0 Å².